The molecular weight excluding hydrogens is 318 g/mol. The highest BCUT2D eigenvalue weighted by Crippen LogP contribution is 2.23. The van der Waals surface area contributed by atoms with Crippen LogP contribution in [0.1, 0.15) is 19.5 Å². The first-order valence-corrected chi connectivity index (χ1v) is 6.56. The summed E-state index contributed by atoms with van der Waals surface area (Å²) < 4.78 is 28.6. The first-order chi connectivity index (χ1) is 8.99. The predicted molar refractivity (Wildman–Crippen MR) is 71.0 cm³/mol. The van der Waals surface area contributed by atoms with Gasteiger partial charge in [-0.3, -0.25) is 0 Å². The maximum absolute atomic E-state index is 13.8. The Bertz CT molecular complexity index is 583. The van der Waals surface area contributed by atoms with Crippen LogP contribution < -0.4 is 5.32 Å². The van der Waals surface area contributed by atoms with Gasteiger partial charge >= 0.3 is 0 Å². The summed E-state index contributed by atoms with van der Waals surface area (Å²) in [7, 11) is 0. The van der Waals surface area contributed by atoms with E-state index in [-0.39, 0.29) is 16.2 Å². The lowest BCUT2D eigenvalue weighted by atomic mass is 10.3. The second kappa shape index (κ2) is 5.75. The molecule has 1 N–H and O–H groups in total. The third kappa shape index (κ3) is 3.16. The van der Waals surface area contributed by atoms with Gasteiger partial charge in [0, 0.05) is 18.7 Å². The highest BCUT2D eigenvalue weighted by molar-refractivity contribution is 9.10. The van der Waals surface area contributed by atoms with Crippen LogP contribution in [-0.4, -0.2) is 21.0 Å². The number of benzene rings is 1. The standard InChI is InChI=1S/C12H13BrF2N4/c1-7(2)16-5-8-6-17-18-19(8)12-3-9(13)10(14)4-11(12)15/h3-4,6-7,16H,5H2,1-2H3. The van der Waals surface area contributed by atoms with Crippen molar-refractivity contribution in [2.45, 2.75) is 26.4 Å². The zero-order valence-corrected chi connectivity index (χ0v) is 12.1. The second-order valence-electron chi connectivity index (χ2n) is 4.39. The third-order valence-electron chi connectivity index (χ3n) is 2.53. The zero-order valence-electron chi connectivity index (χ0n) is 10.5. The first-order valence-electron chi connectivity index (χ1n) is 5.77. The minimum Gasteiger partial charge on any atom is -0.309 e. The van der Waals surface area contributed by atoms with Crippen LogP contribution in [0.25, 0.3) is 5.69 Å². The van der Waals surface area contributed by atoms with Gasteiger partial charge in [-0.25, -0.2) is 13.5 Å². The Morgan fingerprint density at radius 1 is 1.32 bits per heavy atom. The van der Waals surface area contributed by atoms with Gasteiger partial charge in [0.05, 0.1) is 16.4 Å². The smallest absolute Gasteiger partial charge is 0.151 e. The van der Waals surface area contributed by atoms with Crippen LogP contribution in [0.2, 0.25) is 0 Å². The van der Waals surface area contributed by atoms with Gasteiger partial charge < -0.3 is 5.32 Å². The molecule has 1 heterocycles. The molecule has 1 aromatic carbocycles. The van der Waals surface area contributed by atoms with Gasteiger partial charge in [0.2, 0.25) is 0 Å². The molecule has 0 amide bonds. The van der Waals surface area contributed by atoms with E-state index in [4.69, 9.17) is 0 Å². The average molecular weight is 331 g/mol. The minimum absolute atomic E-state index is 0.159. The van der Waals surface area contributed by atoms with Crippen molar-refractivity contribution in [3.63, 3.8) is 0 Å². The molecule has 0 radical (unpaired) electrons. The number of halogens is 3. The molecule has 0 aliphatic rings. The molecule has 1 aromatic heterocycles. The number of rotatable bonds is 4. The fraction of sp³-hybridized carbons (Fsp3) is 0.333. The maximum atomic E-state index is 13.8. The summed E-state index contributed by atoms with van der Waals surface area (Å²) in [5.74, 6) is -1.33. The van der Waals surface area contributed by atoms with Crippen LogP contribution in [0.5, 0.6) is 0 Å². The molecule has 0 fully saturated rings. The summed E-state index contributed by atoms with van der Waals surface area (Å²) >= 11 is 3.03. The summed E-state index contributed by atoms with van der Waals surface area (Å²) in [6.07, 6.45) is 1.55. The van der Waals surface area contributed by atoms with Crippen LogP contribution in [0, 0.1) is 11.6 Å². The molecule has 0 bridgehead atoms. The molecule has 2 aromatic rings. The van der Waals surface area contributed by atoms with E-state index in [9.17, 15) is 8.78 Å². The lowest BCUT2D eigenvalue weighted by Gasteiger charge is -2.10. The normalized spacial score (nSPS) is 11.3. The fourth-order valence-electron chi connectivity index (χ4n) is 1.56. The van der Waals surface area contributed by atoms with Gasteiger partial charge in [0.25, 0.3) is 0 Å². The van der Waals surface area contributed by atoms with E-state index in [1.165, 1.54) is 10.7 Å². The number of hydrogen-bond donors (Lipinski definition) is 1. The monoisotopic (exact) mass is 330 g/mol. The first kappa shape index (κ1) is 14.1. The Morgan fingerprint density at radius 3 is 2.74 bits per heavy atom. The van der Waals surface area contributed by atoms with Crippen LogP contribution >= 0.6 is 15.9 Å². The predicted octanol–water partition coefficient (Wildman–Crippen LogP) is 2.81. The Labute approximate surface area is 117 Å². The molecule has 2 rings (SSSR count). The molecule has 19 heavy (non-hydrogen) atoms. The number of nitrogens with one attached hydrogen (secondary N) is 1. The van der Waals surface area contributed by atoms with Gasteiger partial charge in [-0.2, -0.15) is 0 Å². The molecule has 0 unspecified atom stereocenters. The number of aromatic nitrogens is 3. The van der Waals surface area contributed by atoms with E-state index in [2.05, 4.69) is 31.6 Å². The van der Waals surface area contributed by atoms with Crippen molar-refractivity contribution in [3.8, 4) is 5.69 Å². The Balaban J connectivity index is 2.37. The summed E-state index contributed by atoms with van der Waals surface area (Å²) in [6.45, 7) is 4.51. The largest absolute Gasteiger partial charge is 0.309 e. The number of nitrogens with zero attached hydrogens (tertiary/aromatic N) is 3. The summed E-state index contributed by atoms with van der Waals surface area (Å²) in [4.78, 5) is 0. The zero-order chi connectivity index (χ0) is 14.0. The van der Waals surface area contributed by atoms with E-state index < -0.39 is 11.6 Å². The highest BCUT2D eigenvalue weighted by atomic mass is 79.9. The Morgan fingerprint density at radius 2 is 2.05 bits per heavy atom. The topological polar surface area (TPSA) is 42.7 Å². The SMILES string of the molecule is CC(C)NCc1cnnn1-c1cc(Br)c(F)cc1F. The lowest BCUT2D eigenvalue weighted by Crippen LogP contribution is -2.23. The molecule has 0 saturated carbocycles. The van der Waals surface area contributed by atoms with E-state index >= 15 is 0 Å². The molecule has 0 aliphatic carbocycles. The van der Waals surface area contributed by atoms with Crippen LogP contribution in [0.4, 0.5) is 8.78 Å². The molecule has 7 heteroatoms. The molecule has 0 saturated heterocycles. The van der Waals surface area contributed by atoms with Crippen molar-refractivity contribution in [2.24, 2.45) is 0 Å². The lowest BCUT2D eigenvalue weighted by molar-refractivity contribution is 0.550. The van der Waals surface area contributed by atoms with Gasteiger partial charge in [-0.15, -0.1) is 5.10 Å². The van der Waals surface area contributed by atoms with Gasteiger partial charge in [0.15, 0.2) is 5.82 Å². The number of hydrogen-bond acceptors (Lipinski definition) is 3. The van der Waals surface area contributed by atoms with E-state index in [0.29, 0.717) is 12.2 Å². The maximum Gasteiger partial charge on any atom is 0.151 e. The molecule has 0 aliphatic heterocycles. The van der Waals surface area contributed by atoms with Gasteiger partial charge in [-0.05, 0) is 22.0 Å². The summed E-state index contributed by atoms with van der Waals surface area (Å²) in [5.41, 5.74) is 0.859. The molecule has 0 spiro atoms. The molecule has 102 valence electrons. The van der Waals surface area contributed by atoms with Crippen molar-refractivity contribution in [1.29, 1.82) is 0 Å². The van der Waals surface area contributed by atoms with Crippen molar-refractivity contribution in [3.05, 3.63) is 40.1 Å². The van der Waals surface area contributed by atoms with Crippen molar-refractivity contribution in [2.75, 3.05) is 0 Å². The third-order valence-corrected chi connectivity index (χ3v) is 3.14. The van der Waals surface area contributed by atoms with E-state index in [0.717, 1.165) is 6.07 Å². The van der Waals surface area contributed by atoms with Crippen molar-refractivity contribution < 1.29 is 8.78 Å². The van der Waals surface area contributed by atoms with Crippen LogP contribution in [0.3, 0.4) is 0 Å². The second-order valence-corrected chi connectivity index (χ2v) is 5.24. The molecule has 4 nitrogen and oxygen atoms in total. The van der Waals surface area contributed by atoms with E-state index in [1.54, 1.807) is 6.20 Å². The van der Waals surface area contributed by atoms with Gasteiger partial charge in [-0.1, -0.05) is 19.1 Å². The molecular formula is C12H13BrF2N4. The van der Waals surface area contributed by atoms with Crippen molar-refractivity contribution in [1.82, 2.24) is 20.3 Å². The molecule has 0 atom stereocenters. The summed E-state index contributed by atoms with van der Waals surface area (Å²) in [6, 6.07) is 2.45. The minimum atomic E-state index is -0.683. The van der Waals surface area contributed by atoms with E-state index in [1.807, 2.05) is 13.8 Å². The quantitative estimate of drug-likeness (QED) is 0.876. The van der Waals surface area contributed by atoms with Crippen LogP contribution in [-0.2, 0) is 6.54 Å². The van der Waals surface area contributed by atoms with Crippen molar-refractivity contribution >= 4 is 15.9 Å². The average Bonchev–Trinajstić information content (AvgIpc) is 2.79. The summed E-state index contributed by atoms with van der Waals surface area (Å²) in [5, 5.41) is 10.8. The Kier molecular flexibility index (Phi) is 4.26. The van der Waals surface area contributed by atoms with Gasteiger partial charge in [0.1, 0.15) is 11.5 Å². The highest BCUT2D eigenvalue weighted by Gasteiger charge is 2.14. The van der Waals surface area contributed by atoms with Crippen LogP contribution in [0.15, 0.2) is 22.8 Å². The Hall–Kier alpha value is -1.34. The fourth-order valence-corrected chi connectivity index (χ4v) is 1.89.